The van der Waals surface area contributed by atoms with Crippen LogP contribution in [0.1, 0.15) is 20.6 Å². The molecule has 0 nitrogen and oxygen atoms in total. The van der Waals surface area contributed by atoms with Crippen molar-refractivity contribution in [2.45, 2.75) is 0 Å². The van der Waals surface area contributed by atoms with Gasteiger partial charge in [0, 0.05) is 0 Å². The lowest BCUT2D eigenvalue weighted by atomic mass is 9.85. The van der Waals surface area contributed by atoms with Gasteiger partial charge in [-0.1, -0.05) is 121 Å². The zero-order valence-corrected chi connectivity index (χ0v) is 17.5. The van der Waals surface area contributed by atoms with Gasteiger partial charge in [0.25, 0.3) is 0 Å². The van der Waals surface area contributed by atoms with Crippen molar-refractivity contribution in [3.8, 4) is 22.3 Å². The normalized spacial score (nSPS) is 17.7. The first-order valence-corrected chi connectivity index (χ1v) is 10.6. The van der Waals surface area contributed by atoms with Crippen LogP contribution < -0.4 is 0 Å². The Labute approximate surface area is 219 Å². The molecule has 0 amide bonds. The van der Waals surface area contributed by atoms with E-state index >= 15 is 0 Å². The fraction of sp³-hybridized carbons (Fsp3) is 0. The minimum absolute atomic E-state index is 0.0744. The summed E-state index contributed by atoms with van der Waals surface area (Å²) in [6, 6.07) is 2.86. The Bertz CT molecular complexity index is 2580. The summed E-state index contributed by atoms with van der Waals surface area (Å²) in [4.78, 5) is 0. The van der Waals surface area contributed by atoms with Crippen LogP contribution in [0.2, 0.25) is 0 Å². The molecule has 0 aromatic heterocycles. The smallest absolute Gasteiger partial charge is 0.0616 e. The highest BCUT2D eigenvalue weighted by molar-refractivity contribution is 6.22. The lowest BCUT2D eigenvalue weighted by molar-refractivity contribution is 1.68. The van der Waals surface area contributed by atoms with Crippen LogP contribution in [-0.2, 0) is 0 Å². The van der Waals surface area contributed by atoms with Gasteiger partial charge in [0.15, 0.2) is 0 Å². The van der Waals surface area contributed by atoms with Gasteiger partial charge in [-0.2, -0.15) is 0 Å². The minimum atomic E-state index is -0.719. The molecule has 0 heteroatoms. The van der Waals surface area contributed by atoms with Crippen molar-refractivity contribution in [1.82, 2.24) is 0 Å². The second kappa shape index (κ2) is 7.57. The molecule has 0 N–H and O–H groups in total. The van der Waals surface area contributed by atoms with E-state index in [0.717, 1.165) is 10.8 Å². The Balaban J connectivity index is 1.87. The predicted octanol–water partition coefficient (Wildman–Crippen LogP) is 9.63. The summed E-state index contributed by atoms with van der Waals surface area (Å²) in [6.07, 6.45) is 0. The van der Waals surface area contributed by atoms with Crippen LogP contribution in [0.5, 0.6) is 0 Å². The quantitative estimate of drug-likeness (QED) is 0.232. The number of rotatable bonds is 2. The van der Waals surface area contributed by atoms with E-state index in [0.29, 0.717) is 5.56 Å². The number of hydrogen-bond acceptors (Lipinski definition) is 0. The van der Waals surface area contributed by atoms with Crippen LogP contribution in [0.15, 0.2) is 133 Å². The summed E-state index contributed by atoms with van der Waals surface area (Å²) >= 11 is 0. The molecule has 34 heavy (non-hydrogen) atoms. The molecule has 158 valence electrons. The summed E-state index contributed by atoms with van der Waals surface area (Å²) in [5, 5.41) is -0.0402. The van der Waals surface area contributed by atoms with Crippen LogP contribution in [-0.4, -0.2) is 0 Å². The first kappa shape index (κ1) is 9.44. The Kier molecular flexibility index (Phi) is 2.10. The molecular weight excluding hydrogens is 408 g/mol. The van der Waals surface area contributed by atoms with E-state index in [2.05, 4.69) is 0 Å². The van der Waals surface area contributed by atoms with Gasteiger partial charge in [-0.15, -0.1) is 0 Å². The molecule has 0 aliphatic heterocycles. The third-order valence-corrected chi connectivity index (χ3v) is 5.91. The third kappa shape index (κ3) is 2.93. The molecular formula is C34H22. The minimum Gasteiger partial charge on any atom is -0.0616 e. The van der Waals surface area contributed by atoms with Crippen molar-refractivity contribution in [3.63, 3.8) is 0 Å². The molecule has 0 saturated carbocycles. The molecule has 0 spiro atoms. The van der Waals surface area contributed by atoms with Crippen molar-refractivity contribution in [3.05, 3.63) is 133 Å². The van der Waals surface area contributed by atoms with Gasteiger partial charge in [0.1, 0.15) is 0 Å². The van der Waals surface area contributed by atoms with Gasteiger partial charge in [0.2, 0.25) is 0 Å². The van der Waals surface area contributed by atoms with E-state index in [-0.39, 0.29) is 32.7 Å². The third-order valence-electron chi connectivity index (χ3n) is 5.91. The van der Waals surface area contributed by atoms with Gasteiger partial charge in [-0.05, 0) is 77.5 Å². The average molecular weight is 446 g/mol. The number of fused-ring (bicyclic) bond motifs is 4. The maximum absolute atomic E-state index is 9.28. The molecule has 7 aromatic rings. The Morgan fingerprint density at radius 3 is 1.65 bits per heavy atom. The summed E-state index contributed by atoms with van der Waals surface area (Å²) in [7, 11) is 0. The van der Waals surface area contributed by atoms with Crippen molar-refractivity contribution in [2.24, 2.45) is 0 Å². The summed E-state index contributed by atoms with van der Waals surface area (Å²) in [5.74, 6) is 0. The molecule has 0 bridgehead atoms. The molecule has 0 atom stereocenters. The van der Waals surface area contributed by atoms with Crippen LogP contribution in [0.4, 0.5) is 0 Å². The van der Waals surface area contributed by atoms with E-state index < -0.39 is 107 Å². The van der Waals surface area contributed by atoms with E-state index in [1.165, 1.54) is 0 Å². The Morgan fingerprint density at radius 1 is 0.412 bits per heavy atom. The highest BCUT2D eigenvalue weighted by Gasteiger charge is 2.16. The van der Waals surface area contributed by atoms with Crippen LogP contribution in [0.3, 0.4) is 0 Å². The lowest BCUT2D eigenvalue weighted by Gasteiger charge is -2.18. The van der Waals surface area contributed by atoms with Gasteiger partial charge in [0.05, 0.1) is 20.6 Å². The van der Waals surface area contributed by atoms with Crippen molar-refractivity contribution < 1.29 is 20.6 Å². The zero-order chi connectivity index (χ0) is 35.5. The molecule has 0 fully saturated rings. The molecule has 7 rings (SSSR count). The van der Waals surface area contributed by atoms with Crippen LogP contribution >= 0.6 is 0 Å². The van der Waals surface area contributed by atoms with Crippen LogP contribution in [0, 0.1) is 0 Å². The van der Waals surface area contributed by atoms with Gasteiger partial charge < -0.3 is 0 Å². The van der Waals surface area contributed by atoms with Crippen LogP contribution in [0.25, 0.3) is 65.3 Å². The monoisotopic (exact) mass is 445 g/mol. The molecule has 7 aromatic carbocycles. The van der Waals surface area contributed by atoms with Gasteiger partial charge in [-0.3, -0.25) is 0 Å². The zero-order valence-electron chi connectivity index (χ0n) is 32.5. The molecule has 0 heterocycles. The second-order valence-corrected chi connectivity index (χ2v) is 7.81. The van der Waals surface area contributed by atoms with E-state index in [9.17, 15) is 1.37 Å². The lowest BCUT2D eigenvalue weighted by Crippen LogP contribution is -1.91. The topological polar surface area (TPSA) is 0 Å². The second-order valence-electron chi connectivity index (χ2n) is 7.81. The van der Waals surface area contributed by atoms with Crippen molar-refractivity contribution in [2.75, 3.05) is 0 Å². The average Bonchev–Trinajstić information content (AvgIpc) is 3.09. The van der Waals surface area contributed by atoms with Crippen molar-refractivity contribution in [1.29, 1.82) is 0 Å². The van der Waals surface area contributed by atoms with E-state index in [1.807, 2.05) is 24.3 Å². The predicted molar refractivity (Wildman–Crippen MR) is 147 cm³/mol. The molecule has 0 aliphatic carbocycles. The molecule has 0 radical (unpaired) electrons. The molecule has 0 unspecified atom stereocenters. The summed E-state index contributed by atoms with van der Waals surface area (Å²) in [5.41, 5.74) is -0.365. The highest BCUT2D eigenvalue weighted by Crippen LogP contribution is 2.44. The fourth-order valence-electron chi connectivity index (χ4n) is 4.41. The Morgan fingerprint density at radius 2 is 0.971 bits per heavy atom. The summed E-state index contributed by atoms with van der Waals surface area (Å²) < 4.78 is 132. The first-order valence-electron chi connectivity index (χ1n) is 18.1. The maximum atomic E-state index is 9.28. The number of hydrogen-bond donors (Lipinski definition) is 0. The Hall–Kier alpha value is -4.42. The van der Waals surface area contributed by atoms with Gasteiger partial charge in [-0.25, -0.2) is 0 Å². The van der Waals surface area contributed by atoms with Gasteiger partial charge >= 0.3 is 0 Å². The number of benzene rings is 7. The fourth-order valence-corrected chi connectivity index (χ4v) is 4.41. The largest absolute Gasteiger partial charge is 0.0636 e. The summed E-state index contributed by atoms with van der Waals surface area (Å²) in [6.45, 7) is 0. The van der Waals surface area contributed by atoms with E-state index in [4.69, 9.17) is 19.2 Å². The molecule has 0 saturated heterocycles. The first-order chi connectivity index (χ1) is 23.1. The SMILES string of the molecule is [2H]c1c([2H])c([2H])c2c([2H])c(-c3c4c([2H])c([2H])c([2H])c([2H])c4c(-c4ccc5ccccc5c4)c4c([2H])c([2H])c([2H])c([2H])c34)c([2H])c([2H])c2c1[2H]. The highest BCUT2D eigenvalue weighted by atomic mass is 14.2. The maximum Gasteiger partial charge on any atom is 0.0636 e. The van der Waals surface area contributed by atoms with E-state index in [1.54, 1.807) is 18.2 Å². The molecule has 0 aliphatic rings. The van der Waals surface area contributed by atoms with Crippen molar-refractivity contribution >= 4 is 43.1 Å². The standard InChI is InChI=1S/C34H22/c1-3-11-25-21-27(19-17-23(25)9-1)33-29-13-5-7-15-31(29)34(32-16-8-6-14-30(32)33)28-20-18-24-10-2-4-12-26(24)22-28/h1-22H/i1D,3D,5D,6D,7D,8D,9D,11D,13D,14D,15D,16D,17D,19D,21D.